The Labute approximate surface area is 139 Å². The molecule has 3 rings (SSSR count). The third kappa shape index (κ3) is 3.15. The Balaban J connectivity index is 1.95. The van der Waals surface area contributed by atoms with Crippen molar-refractivity contribution in [3.05, 3.63) is 65.4 Å². The van der Waals surface area contributed by atoms with E-state index in [1.54, 1.807) is 25.1 Å². The molecule has 0 aliphatic carbocycles. The van der Waals surface area contributed by atoms with Gasteiger partial charge in [0.05, 0.1) is 12.1 Å². The van der Waals surface area contributed by atoms with Crippen LogP contribution in [0.3, 0.4) is 0 Å². The highest BCUT2D eigenvalue weighted by Crippen LogP contribution is 2.29. The summed E-state index contributed by atoms with van der Waals surface area (Å²) in [5.74, 6) is 0.120. The molecule has 0 saturated carbocycles. The van der Waals surface area contributed by atoms with Crippen LogP contribution in [0.4, 0.5) is 0 Å². The molecule has 1 heterocycles. The monoisotopic (exact) mass is 323 g/mol. The van der Waals surface area contributed by atoms with E-state index < -0.39 is 5.97 Å². The molecule has 122 valence electrons. The Bertz CT molecular complexity index is 868. The molecule has 5 nitrogen and oxygen atoms in total. The van der Waals surface area contributed by atoms with Gasteiger partial charge in [0.25, 0.3) is 0 Å². The van der Waals surface area contributed by atoms with Crippen molar-refractivity contribution >= 4 is 23.2 Å². The second kappa shape index (κ2) is 7.00. The van der Waals surface area contributed by atoms with Gasteiger partial charge in [-0.2, -0.15) is 0 Å². The molecule has 0 aliphatic heterocycles. The van der Waals surface area contributed by atoms with Crippen molar-refractivity contribution in [1.82, 2.24) is 4.98 Å². The van der Waals surface area contributed by atoms with Crippen LogP contribution in [0, 0.1) is 0 Å². The standard InChI is InChI=1S/C19H17NO4/c1-2-23-19(22)16-10-15-14(11-21)8-9-17(18(15)20-16)24-12-13-6-4-3-5-7-13/h3-11,20H,2,12H2,1H3. The number of carbonyl (C=O) groups is 2. The van der Waals surface area contributed by atoms with Crippen LogP contribution in [0.5, 0.6) is 5.75 Å². The van der Waals surface area contributed by atoms with Crippen molar-refractivity contribution in [2.24, 2.45) is 0 Å². The van der Waals surface area contributed by atoms with Crippen molar-refractivity contribution in [2.75, 3.05) is 6.61 Å². The Hall–Kier alpha value is -3.08. The van der Waals surface area contributed by atoms with Crippen LogP contribution in [0.25, 0.3) is 10.9 Å². The maximum absolute atomic E-state index is 11.9. The molecule has 3 aromatic rings. The number of rotatable bonds is 6. The molecule has 0 aliphatic rings. The number of aromatic amines is 1. The minimum Gasteiger partial charge on any atom is -0.487 e. The van der Waals surface area contributed by atoms with Crippen LogP contribution in [-0.2, 0) is 11.3 Å². The van der Waals surface area contributed by atoms with E-state index in [2.05, 4.69) is 4.98 Å². The van der Waals surface area contributed by atoms with Gasteiger partial charge in [-0.3, -0.25) is 4.79 Å². The van der Waals surface area contributed by atoms with Crippen LogP contribution in [0.1, 0.15) is 33.3 Å². The van der Waals surface area contributed by atoms with E-state index in [4.69, 9.17) is 9.47 Å². The summed E-state index contributed by atoms with van der Waals surface area (Å²) in [5, 5.41) is 0.638. The van der Waals surface area contributed by atoms with E-state index in [9.17, 15) is 9.59 Å². The minimum absolute atomic E-state index is 0.284. The third-order valence-corrected chi connectivity index (χ3v) is 3.65. The molecule has 0 saturated heterocycles. The summed E-state index contributed by atoms with van der Waals surface area (Å²) in [6.45, 7) is 2.42. The summed E-state index contributed by atoms with van der Waals surface area (Å²) < 4.78 is 10.9. The van der Waals surface area contributed by atoms with E-state index in [0.29, 0.717) is 34.5 Å². The number of H-pyrrole nitrogens is 1. The number of benzene rings is 2. The molecule has 1 N–H and O–H groups in total. The van der Waals surface area contributed by atoms with Gasteiger partial charge in [0, 0.05) is 10.9 Å². The number of esters is 1. The summed E-state index contributed by atoms with van der Waals surface area (Å²) in [4.78, 5) is 26.2. The number of hydrogen-bond acceptors (Lipinski definition) is 4. The van der Waals surface area contributed by atoms with Crippen molar-refractivity contribution in [3.8, 4) is 5.75 Å². The first-order valence-corrected chi connectivity index (χ1v) is 7.67. The van der Waals surface area contributed by atoms with Crippen molar-refractivity contribution < 1.29 is 19.1 Å². The Morgan fingerprint density at radius 1 is 1.17 bits per heavy atom. The van der Waals surface area contributed by atoms with Crippen LogP contribution in [-0.4, -0.2) is 23.8 Å². The zero-order chi connectivity index (χ0) is 16.9. The fourth-order valence-electron chi connectivity index (χ4n) is 2.49. The van der Waals surface area contributed by atoms with E-state index in [0.717, 1.165) is 11.8 Å². The number of aldehydes is 1. The number of carbonyl (C=O) groups excluding carboxylic acids is 2. The van der Waals surface area contributed by atoms with Gasteiger partial charge in [0.2, 0.25) is 0 Å². The average Bonchev–Trinajstić information content (AvgIpc) is 3.06. The predicted molar refractivity (Wildman–Crippen MR) is 90.4 cm³/mol. The second-order valence-corrected chi connectivity index (χ2v) is 5.24. The number of fused-ring (bicyclic) bond motifs is 1. The van der Waals surface area contributed by atoms with E-state index in [1.165, 1.54) is 0 Å². The second-order valence-electron chi connectivity index (χ2n) is 5.24. The minimum atomic E-state index is -0.459. The highest BCUT2D eigenvalue weighted by Gasteiger charge is 2.15. The molecule has 24 heavy (non-hydrogen) atoms. The summed E-state index contributed by atoms with van der Waals surface area (Å²) in [6, 6.07) is 14.8. The fraction of sp³-hybridized carbons (Fsp3) is 0.158. The number of ether oxygens (including phenoxy) is 2. The summed E-state index contributed by atoms with van der Waals surface area (Å²) in [6.07, 6.45) is 0.756. The zero-order valence-corrected chi connectivity index (χ0v) is 13.2. The molecule has 2 aromatic carbocycles. The maximum Gasteiger partial charge on any atom is 0.354 e. The first kappa shape index (κ1) is 15.8. The number of nitrogens with one attached hydrogen (secondary N) is 1. The lowest BCUT2D eigenvalue weighted by atomic mass is 10.1. The van der Waals surface area contributed by atoms with Gasteiger partial charge in [-0.05, 0) is 30.7 Å². The van der Waals surface area contributed by atoms with Crippen molar-refractivity contribution in [2.45, 2.75) is 13.5 Å². The normalized spacial score (nSPS) is 10.5. The van der Waals surface area contributed by atoms with Gasteiger partial charge in [0.1, 0.15) is 18.1 Å². The van der Waals surface area contributed by atoms with Gasteiger partial charge in [0.15, 0.2) is 6.29 Å². The van der Waals surface area contributed by atoms with Crippen molar-refractivity contribution in [1.29, 1.82) is 0 Å². The lowest BCUT2D eigenvalue weighted by Gasteiger charge is -2.08. The van der Waals surface area contributed by atoms with Gasteiger partial charge in [-0.1, -0.05) is 30.3 Å². The van der Waals surface area contributed by atoms with Gasteiger partial charge in [-0.25, -0.2) is 4.79 Å². The Morgan fingerprint density at radius 3 is 2.67 bits per heavy atom. The third-order valence-electron chi connectivity index (χ3n) is 3.65. The molecule has 0 bridgehead atoms. The predicted octanol–water partition coefficient (Wildman–Crippen LogP) is 3.74. The quantitative estimate of drug-likeness (QED) is 0.554. The molecule has 0 fully saturated rings. The number of aromatic nitrogens is 1. The van der Waals surface area contributed by atoms with Crippen LogP contribution < -0.4 is 4.74 Å². The van der Waals surface area contributed by atoms with Crippen LogP contribution in [0.2, 0.25) is 0 Å². The Kier molecular flexibility index (Phi) is 4.61. The van der Waals surface area contributed by atoms with Crippen LogP contribution >= 0.6 is 0 Å². The molecular weight excluding hydrogens is 306 g/mol. The first-order valence-electron chi connectivity index (χ1n) is 7.67. The highest BCUT2D eigenvalue weighted by molar-refractivity contribution is 6.03. The molecule has 0 amide bonds. The van der Waals surface area contributed by atoms with Crippen LogP contribution in [0.15, 0.2) is 48.5 Å². The smallest absolute Gasteiger partial charge is 0.354 e. The molecule has 0 atom stereocenters. The topological polar surface area (TPSA) is 68.4 Å². The summed E-state index contributed by atoms with van der Waals surface area (Å²) in [5.41, 5.74) is 2.43. The zero-order valence-electron chi connectivity index (χ0n) is 13.2. The van der Waals surface area contributed by atoms with Gasteiger partial charge >= 0.3 is 5.97 Å². The van der Waals surface area contributed by atoms with E-state index in [-0.39, 0.29) is 6.61 Å². The molecule has 0 unspecified atom stereocenters. The van der Waals surface area contributed by atoms with Gasteiger partial charge < -0.3 is 14.5 Å². The lowest BCUT2D eigenvalue weighted by molar-refractivity contribution is 0.0520. The van der Waals surface area contributed by atoms with E-state index in [1.807, 2.05) is 30.3 Å². The molecule has 0 radical (unpaired) electrons. The van der Waals surface area contributed by atoms with E-state index >= 15 is 0 Å². The highest BCUT2D eigenvalue weighted by atomic mass is 16.5. The molecular formula is C19H17NO4. The first-order chi connectivity index (χ1) is 11.7. The average molecular weight is 323 g/mol. The SMILES string of the molecule is CCOC(=O)c1cc2c(C=O)ccc(OCc3ccccc3)c2[nH]1. The number of hydrogen-bond donors (Lipinski definition) is 1. The largest absolute Gasteiger partial charge is 0.487 e. The maximum atomic E-state index is 11.9. The molecule has 5 heteroatoms. The van der Waals surface area contributed by atoms with Crippen molar-refractivity contribution in [3.63, 3.8) is 0 Å². The fourth-order valence-corrected chi connectivity index (χ4v) is 2.49. The molecule has 0 spiro atoms. The Morgan fingerprint density at radius 2 is 1.96 bits per heavy atom. The molecule has 1 aromatic heterocycles. The lowest BCUT2D eigenvalue weighted by Crippen LogP contribution is -2.04. The van der Waals surface area contributed by atoms with Gasteiger partial charge in [-0.15, -0.1) is 0 Å². The summed E-state index contributed by atoms with van der Waals surface area (Å²) in [7, 11) is 0. The summed E-state index contributed by atoms with van der Waals surface area (Å²) >= 11 is 0.